The van der Waals surface area contributed by atoms with Crippen LogP contribution in [0.5, 0.6) is 0 Å². The lowest BCUT2D eigenvalue weighted by molar-refractivity contribution is -0.589. The van der Waals surface area contributed by atoms with Gasteiger partial charge in [0, 0.05) is 42.2 Å². The summed E-state index contributed by atoms with van der Waals surface area (Å²) in [6.45, 7) is 0. The van der Waals surface area contributed by atoms with Crippen molar-refractivity contribution in [1.82, 2.24) is 14.5 Å². The number of benzene rings is 10. The van der Waals surface area contributed by atoms with Gasteiger partial charge in [0.25, 0.3) is 5.82 Å². The number of hydrogen-bond donors (Lipinski definition) is 0. The molecule has 0 aliphatic rings. The number of para-hydroxylation sites is 2. The SMILES string of the molecule is c1ccc(-c2nc[n+](-c3ccc4c(sc5cc6c7ccccc7n(-c7ccccc7)c6cc54)c3-c3ccc(-c4ccc(-c5ccccc5)c(-c5ccccc5)c4)cc3)c(-c3ccccc3)n2)cc1. The third-order valence-corrected chi connectivity index (χ3v) is 14.4. The van der Waals surface area contributed by atoms with E-state index in [1.165, 1.54) is 69.8 Å². The Labute approximate surface area is 398 Å². The fourth-order valence-corrected chi connectivity index (χ4v) is 11.2. The largest absolute Gasteiger partial charge is 0.309 e. The molecule has 5 heteroatoms. The van der Waals surface area contributed by atoms with Crippen LogP contribution in [0.25, 0.3) is 121 Å². The Morgan fingerprint density at radius 3 is 1.68 bits per heavy atom. The molecule has 0 aliphatic heterocycles. The molecule has 0 radical (unpaired) electrons. The third kappa shape index (κ3) is 6.79. The lowest BCUT2D eigenvalue weighted by atomic mass is 9.90. The Balaban J connectivity index is 1.03. The highest BCUT2D eigenvalue weighted by atomic mass is 32.1. The van der Waals surface area contributed by atoms with Crippen LogP contribution < -0.4 is 4.57 Å². The molecule has 0 amide bonds. The number of fused-ring (bicyclic) bond motifs is 6. The first-order valence-electron chi connectivity index (χ1n) is 23.0. The van der Waals surface area contributed by atoms with Gasteiger partial charge in [-0.15, -0.1) is 11.3 Å². The molecule has 0 aliphatic carbocycles. The molecule has 0 N–H and O–H groups in total. The topological polar surface area (TPSA) is 34.6 Å². The van der Waals surface area contributed by atoms with E-state index in [-0.39, 0.29) is 0 Å². The highest BCUT2D eigenvalue weighted by molar-refractivity contribution is 7.26. The lowest BCUT2D eigenvalue weighted by Crippen LogP contribution is -2.36. The van der Waals surface area contributed by atoms with Gasteiger partial charge < -0.3 is 4.57 Å². The normalized spacial score (nSPS) is 11.5. The second kappa shape index (κ2) is 16.6. The van der Waals surface area contributed by atoms with E-state index in [2.05, 4.69) is 234 Å². The van der Waals surface area contributed by atoms with E-state index < -0.39 is 0 Å². The van der Waals surface area contributed by atoms with Crippen molar-refractivity contribution in [2.75, 3.05) is 0 Å². The Bertz CT molecular complexity index is 3980. The van der Waals surface area contributed by atoms with Gasteiger partial charge in [0.15, 0.2) is 0 Å². The van der Waals surface area contributed by atoms with Gasteiger partial charge >= 0.3 is 5.82 Å². The maximum atomic E-state index is 5.31. The van der Waals surface area contributed by atoms with E-state index in [0.717, 1.165) is 45.0 Å². The zero-order valence-electron chi connectivity index (χ0n) is 36.9. The van der Waals surface area contributed by atoms with Crippen LogP contribution in [-0.4, -0.2) is 14.5 Å². The Morgan fingerprint density at radius 1 is 0.382 bits per heavy atom. The third-order valence-electron chi connectivity index (χ3n) is 13.2. The maximum absolute atomic E-state index is 5.31. The van der Waals surface area contributed by atoms with E-state index >= 15 is 0 Å². The molecule has 0 spiro atoms. The van der Waals surface area contributed by atoms with Crippen LogP contribution in [0.15, 0.2) is 249 Å². The predicted octanol–water partition coefficient (Wildman–Crippen LogP) is 16.2. The molecule has 0 atom stereocenters. The van der Waals surface area contributed by atoms with Crippen molar-refractivity contribution in [1.29, 1.82) is 0 Å². The van der Waals surface area contributed by atoms with Crippen LogP contribution in [0.1, 0.15) is 0 Å². The molecular formula is C63H41N4S+. The quantitative estimate of drug-likeness (QED) is 0.143. The zero-order valence-corrected chi connectivity index (χ0v) is 37.7. The van der Waals surface area contributed by atoms with Crippen molar-refractivity contribution in [3.63, 3.8) is 0 Å². The van der Waals surface area contributed by atoms with E-state index in [4.69, 9.17) is 9.97 Å². The Morgan fingerprint density at radius 2 is 0.971 bits per heavy atom. The van der Waals surface area contributed by atoms with Crippen LogP contribution in [0.4, 0.5) is 0 Å². The van der Waals surface area contributed by atoms with E-state index in [1.807, 2.05) is 35.9 Å². The average Bonchev–Trinajstić information content (AvgIpc) is 3.95. The monoisotopic (exact) mass is 885 g/mol. The summed E-state index contributed by atoms with van der Waals surface area (Å²) < 4.78 is 7.04. The highest BCUT2D eigenvalue weighted by Gasteiger charge is 2.26. The second-order valence-corrected chi connectivity index (χ2v) is 18.2. The van der Waals surface area contributed by atoms with Crippen molar-refractivity contribution in [2.24, 2.45) is 0 Å². The molecule has 318 valence electrons. The number of hydrogen-bond acceptors (Lipinski definition) is 3. The molecule has 0 unspecified atom stereocenters. The van der Waals surface area contributed by atoms with Gasteiger partial charge in [0.1, 0.15) is 5.69 Å². The number of thiophene rings is 1. The van der Waals surface area contributed by atoms with Crippen LogP contribution in [0.3, 0.4) is 0 Å². The van der Waals surface area contributed by atoms with Crippen LogP contribution >= 0.6 is 11.3 Å². The summed E-state index contributed by atoms with van der Waals surface area (Å²) in [6.07, 6.45) is 1.95. The summed E-state index contributed by atoms with van der Waals surface area (Å²) in [5.74, 6) is 1.50. The predicted molar refractivity (Wildman–Crippen MR) is 283 cm³/mol. The summed E-state index contributed by atoms with van der Waals surface area (Å²) in [4.78, 5) is 10.3. The molecule has 0 saturated carbocycles. The Kier molecular flexibility index (Phi) is 9.66. The second-order valence-electron chi connectivity index (χ2n) is 17.2. The van der Waals surface area contributed by atoms with Crippen molar-refractivity contribution in [3.05, 3.63) is 249 Å². The Hall–Kier alpha value is -8.77. The minimum Gasteiger partial charge on any atom is -0.309 e. The maximum Gasteiger partial charge on any atom is 0.307 e. The molecule has 13 rings (SSSR count). The number of nitrogens with zero attached hydrogens (tertiary/aromatic N) is 4. The minimum absolute atomic E-state index is 0.681. The lowest BCUT2D eigenvalue weighted by Gasteiger charge is -2.15. The molecule has 0 bridgehead atoms. The number of aromatic nitrogens is 4. The first-order chi connectivity index (χ1) is 33.7. The van der Waals surface area contributed by atoms with E-state index in [9.17, 15) is 0 Å². The summed E-state index contributed by atoms with van der Waals surface area (Å²) in [7, 11) is 0. The first-order valence-corrected chi connectivity index (χ1v) is 23.8. The van der Waals surface area contributed by atoms with Crippen molar-refractivity contribution in [3.8, 4) is 78.7 Å². The molecule has 3 heterocycles. The van der Waals surface area contributed by atoms with Crippen molar-refractivity contribution in [2.45, 2.75) is 0 Å². The van der Waals surface area contributed by atoms with Gasteiger partial charge in [-0.05, 0) is 112 Å². The number of rotatable bonds is 8. The fourth-order valence-electron chi connectivity index (χ4n) is 9.95. The average molecular weight is 886 g/mol. The molecule has 0 fully saturated rings. The summed E-state index contributed by atoms with van der Waals surface area (Å²) >= 11 is 1.86. The molecule has 68 heavy (non-hydrogen) atoms. The van der Waals surface area contributed by atoms with Gasteiger partial charge in [0.05, 0.1) is 22.2 Å². The molecule has 13 aromatic rings. The standard InChI is InChI=1S/C63H41N4S/c1-6-18-43(19-7-1)50-35-34-48(38-53(50)44-20-8-2-9-21-44)42-30-32-45(33-31-42)60-57(66-41-64-62(46-22-10-3-11-23-46)65-63(66)47-24-12-4-13-25-47)37-36-52-55-39-58-54(40-59(55)68-61(52)60)51-28-16-17-29-56(51)67(58)49-26-14-5-15-27-49/h1-41H/q+1. The molecule has 3 aromatic heterocycles. The molecule has 0 saturated heterocycles. The van der Waals surface area contributed by atoms with Gasteiger partial charge in [-0.25, -0.2) is 0 Å². The van der Waals surface area contributed by atoms with E-state index in [0.29, 0.717) is 5.82 Å². The van der Waals surface area contributed by atoms with Crippen LogP contribution in [0.2, 0.25) is 0 Å². The minimum atomic E-state index is 0.681. The molecule has 4 nitrogen and oxygen atoms in total. The van der Waals surface area contributed by atoms with Crippen LogP contribution in [-0.2, 0) is 0 Å². The smallest absolute Gasteiger partial charge is 0.307 e. The van der Waals surface area contributed by atoms with Crippen molar-refractivity contribution >= 4 is 53.3 Å². The summed E-state index contributed by atoms with van der Waals surface area (Å²) in [5, 5.41) is 4.94. The van der Waals surface area contributed by atoms with Gasteiger partial charge in [-0.2, -0.15) is 4.57 Å². The van der Waals surface area contributed by atoms with Crippen molar-refractivity contribution < 1.29 is 4.57 Å². The zero-order chi connectivity index (χ0) is 45.0. The molecular weight excluding hydrogens is 845 g/mol. The first kappa shape index (κ1) is 39.6. The highest BCUT2D eigenvalue weighted by Crippen LogP contribution is 2.46. The summed E-state index contributed by atoms with van der Waals surface area (Å²) in [5.41, 5.74) is 15.9. The summed E-state index contributed by atoms with van der Waals surface area (Å²) in [6, 6.07) is 86.9. The van der Waals surface area contributed by atoms with E-state index in [1.54, 1.807) is 0 Å². The molecule has 10 aromatic carbocycles. The van der Waals surface area contributed by atoms with Gasteiger partial charge in [-0.1, -0.05) is 180 Å². The van der Waals surface area contributed by atoms with Crippen LogP contribution in [0, 0.1) is 0 Å². The van der Waals surface area contributed by atoms with Gasteiger partial charge in [-0.3, -0.25) is 0 Å². The fraction of sp³-hybridized carbons (Fsp3) is 0. The van der Waals surface area contributed by atoms with Gasteiger partial charge in [0.2, 0.25) is 6.33 Å².